The molecule has 0 amide bonds. The summed E-state index contributed by atoms with van der Waals surface area (Å²) in [6.07, 6.45) is 0. The smallest absolute Gasteiger partial charge is 0.194 e. The van der Waals surface area contributed by atoms with Crippen LogP contribution in [0.15, 0.2) is 29.4 Å². The monoisotopic (exact) mass is 229 g/mol. The SMILES string of the molecule is N#C/C(=N\Nc1cccc(C#N)c1)C(N)=S. The first-order chi connectivity index (χ1) is 7.67. The largest absolute Gasteiger partial charge is 0.387 e. The maximum Gasteiger partial charge on any atom is 0.194 e. The van der Waals surface area contributed by atoms with Crippen LogP contribution in [0, 0.1) is 22.7 Å². The van der Waals surface area contributed by atoms with Crippen molar-refractivity contribution in [3.05, 3.63) is 29.8 Å². The number of anilines is 1. The second-order valence-electron chi connectivity index (χ2n) is 2.74. The molecular weight excluding hydrogens is 222 g/mol. The van der Waals surface area contributed by atoms with Gasteiger partial charge < -0.3 is 5.73 Å². The second-order valence-corrected chi connectivity index (χ2v) is 3.18. The Kier molecular flexibility index (Phi) is 3.96. The highest BCUT2D eigenvalue weighted by Gasteiger charge is 2.00. The average Bonchev–Trinajstić information content (AvgIpc) is 2.29. The molecule has 0 saturated carbocycles. The van der Waals surface area contributed by atoms with Crippen LogP contribution in [0.2, 0.25) is 0 Å². The fraction of sp³-hybridized carbons (Fsp3) is 0. The molecule has 0 atom stereocenters. The van der Waals surface area contributed by atoms with Gasteiger partial charge in [0.2, 0.25) is 0 Å². The standard InChI is InChI=1S/C10H7N5S/c11-5-7-2-1-3-8(4-7)14-15-9(6-12)10(13)16/h1-4,14H,(H2,13,16)/b15-9+. The van der Waals surface area contributed by atoms with E-state index in [9.17, 15) is 0 Å². The number of nitrogens with one attached hydrogen (secondary N) is 1. The molecule has 0 fully saturated rings. The number of hydrazone groups is 1. The van der Waals surface area contributed by atoms with Gasteiger partial charge >= 0.3 is 0 Å². The minimum absolute atomic E-state index is 0.0580. The second kappa shape index (κ2) is 5.44. The fourth-order valence-corrected chi connectivity index (χ4v) is 1.01. The molecule has 6 heteroatoms. The first-order valence-corrected chi connectivity index (χ1v) is 4.62. The number of hydrogen-bond acceptors (Lipinski definition) is 5. The lowest BCUT2D eigenvalue weighted by Crippen LogP contribution is -2.20. The molecule has 0 saturated heterocycles. The predicted molar refractivity (Wildman–Crippen MR) is 64.6 cm³/mol. The number of benzene rings is 1. The summed E-state index contributed by atoms with van der Waals surface area (Å²) < 4.78 is 0. The summed E-state index contributed by atoms with van der Waals surface area (Å²) in [6, 6.07) is 10.4. The number of nitriles is 2. The van der Waals surface area contributed by atoms with E-state index < -0.39 is 0 Å². The molecule has 1 aromatic carbocycles. The Labute approximate surface area is 97.8 Å². The molecule has 78 valence electrons. The normalized spacial score (nSPS) is 10.0. The Bertz CT molecular complexity index is 521. The number of thiocarbonyl (C=S) groups is 1. The van der Waals surface area contributed by atoms with E-state index in [1.165, 1.54) is 0 Å². The van der Waals surface area contributed by atoms with Crippen LogP contribution in [0.1, 0.15) is 5.56 Å². The van der Waals surface area contributed by atoms with Gasteiger partial charge in [0.05, 0.1) is 17.3 Å². The van der Waals surface area contributed by atoms with Crippen LogP contribution in [0.25, 0.3) is 0 Å². The van der Waals surface area contributed by atoms with Crippen molar-refractivity contribution < 1.29 is 0 Å². The van der Waals surface area contributed by atoms with Crippen molar-refractivity contribution in [1.29, 1.82) is 10.5 Å². The first-order valence-electron chi connectivity index (χ1n) is 4.21. The van der Waals surface area contributed by atoms with Crippen LogP contribution >= 0.6 is 12.2 Å². The molecule has 16 heavy (non-hydrogen) atoms. The zero-order valence-electron chi connectivity index (χ0n) is 8.14. The maximum absolute atomic E-state index is 8.67. The van der Waals surface area contributed by atoms with Gasteiger partial charge in [-0.2, -0.15) is 15.6 Å². The summed E-state index contributed by atoms with van der Waals surface area (Å²) in [5.41, 5.74) is 8.87. The molecule has 0 aliphatic rings. The third-order valence-corrected chi connectivity index (χ3v) is 1.82. The lowest BCUT2D eigenvalue weighted by molar-refractivity contribution is 1.34. The predicted octanol–water partition coefficient (Wildman–Crippen LogP) is 1.14. The zero-order valence-corrected chi connectivity index (χ0v) is 8.95. The summed E-state index contributed by atoms with van der Waals surface area (Å²) in [4.78, 5) is -0.0774. The molecule has 0 heterocycles. The van der Waals surface area contributed by atoms with Gasteiger partial charge in [-0.1, -0.05) is 18.3 Å². The minimum atomic E-state index is -0.0774. The van der Waals surface area contributed by atoms with Crippen molar-refractivity contribution in [3.8, 4) is 12.1 Å². The minimum Gasteiger partial charge on any atom is -0.387 e. The Balaban J connectivity index is 2.86. The van der Waals surface area contributed by atoms with E-state index in [1.807, 2.05) is 6.07 Å². The number of hydrogen-bond donors (Lipinski definition) is 2. The van der Waals surface area contributed by atoms with Gasteiger partial charge in [-0.25, -0.2) is 0 Å². The summed E-state index contributed by atoms with van der Waals surface area (Å²) in [6.45, 7) is 0. The molecule has 0 spiro atoms. The lowest BCUT2D eigenvalue weighted by atomic mass is 10.2. The topological polar surface area (TPSA) is 98.0 Å². The number of nitrogens with zero attached hydrogens (tertiary/aromatic N) is 3. The van der Waals surface area contributed by atoms with E-state index in [-0.39, 0.29) is 10.7 Å². The van der Waals surface area contributed by atoms with Gasteiger partial charge in [0, 0.05) is 0 Å². The summed E-state index contributed by atoms with van der Waals surface area (Å²) >= 11 is 4.61. The highest BCUT2D eigenvalue weighted by molar-refractivity contribution is 7.82. The molecule has 0 radical (unpaired) electrons. The van der Waals surface area contributed by atoms with Crippen molar-refractivity contribution in [2.24, 2.45) is 10.8 Å². The molecule has 0 unspecified atom stereocenters. The Morgan fingerprint density at radius 1 is 1.44 bits per heavy atom. The number of rotatable bonds is 3. The quantitative estimate of drug-likeness (QED) is 0.460. The molecule has 0 aromatic heterocycles. The summed E-state index contributed by atoms with van der Waals surface area (Å²) in [7, 11) is 0. The van der Waals surface area contributed by atoms with Gasteiger partial charge in [0.1, 0.15) is 11.1 Å². The lowest BCUT2D eigenvalue weighted by Gasteiger charge is -2.00. The highest BCUT2D eigenvalue weighted by Crippen LogP contribution is 2.09. The molecule has 0 aliphatic carbocycles. The van der Waals surface area contributed by atoms with Gasteiger partial charge in [-0.15, -0.1) is 0 Å². The highest BCUT2D eigenvalue weighted by atomic mass is 32.1. The maximum atomic E-state index is 8.67. The molecule has 1 aromatic rings. The Morgan fingerprint density at radius 2 is 2.19 bits per heavy atom. The number of nitrogens with two attached hydrogens (primary N) is 1. The van der Waals surface area contributed by atoms with Gasteiger partial charge in [-0.3, -0.25) is 5.43 Å². The van der Waals surface area contributed by atoms with E-state index in [0.29, 0.717) is 11.3 Å². The van der Waals surface area contributed by atoms with Gasteiger partial charge in [0.15, 0.2) is 5.71 Å². The first kappa shape index (κ1) is 11.6. The van der Waals surface area contributed by atoms with Crippen LogP contribution in [-0.4, -0.2) is 10.7 Å². The van der Waals surface area contributed by atoms with Crippen LogP contribution in [-0.2, 0) is 0 Å². The molecule has 1 rings (SSSR count). The average molecular weight is 229 g/mol. The van der Waals surface area contributed by atoms with Crippen molar-refractivity contribution >= 4 is 28.6 Å². The molecule has 5 nitrogen and oxygen atoms in total. The van der Waals surface area contributed by atoms with E-state index in [4.69, 9.17) is 16.3 Å². The van der Waals surface area contributed by atoms with Crippen molar-refractivity contribution in [1.82, 2.24) is 0 Å². The van der Waals surface area contributed by atoms with Crippen LogP contribution in [0.5, 0.6) is 0 Å². The van der Waals surface area contributed by atoms with E-state index in [2.05, 4.69) is 22.7 Å². The van der Waals surface area contributed by atoms with E-state index in [1.54, 1.807) is 30.3 Å². The summed E-state index contributed by atoms with van der Waals surface area (Å²) in [5.74, 6) is 0. The van der Waals surface area contributed by atoms with E-state index in [0.717, 1.165) is 0 Å². The van der Waals surface area contributed by atoms with Crippen molar-refractivity contribution in [2.75, 3.05) is 5.43 Å². The molecule has 0 aliphatic heterocycles. The molecule has 0 bridgehead atoms. The van der Waals surface area contributed by atoms with Gasteiger partial charge in [-0.05, 0) is 18.2 Å². The van der Waals surface area contributed by atoms with Gasteiger partial charge in [0.25, 0.3) is 0 Å². The third kappa shape index (κ3) is 3.05. The van der Waals surface area contributed by atoms with E-state index >= 15 is 0 Å². The third-order valence-electron chi connectivity index (χ3n) is 1.63. The Hall–Kier alpha value is -2.44. The van der Waals surface area contributed by atoms with Crippen molar-refractivity contribution in [2.45, 2.75) is 0 Å². The van der Waals surface area contributed by atoms with Crippen molar-refractivity contribution in [3.63, 3.8) is 0 Å². The molecular formula is C10H7N5S. The summed E-state index contributed by atoms with van der Waals surface area (Å²) in [5, 5.41) is 21.0. The fourth-order valence-electron chi connectivity index (χ4n) is 0.914. The van der Waals surface area contributed by atoms with Crippen LogP contribution < -0.4 is 11.2 Å². The zero-order chi connectivity index (χ0) is 12.0. The van der Waals surface area contributed by atoms with Crippen LogP contribution in [0.3, 0.4) is 0 Å². The van der Waals surface area contributed by atoms with Crippen LogP contribution in [0.4, 0.5) is 5.69 Å². The molecule has 3 N–H and O–H groups in total. The Morgan fingerprint density at radius 3 is 2.75 bits per heavy atom.